The van der Waals surface area contributed by atoms with Crippen molar-refractivity contribution in [3.05, 3.63) is 0 Å². The lowest BCUT2D eigenvalue weighted by atomic mass is 9.77. The van der Waals surface area contributed by atoms with Crippen molar-refractivity contribution in [2.45, 2.75) is 124 Å². The van der Waals surface area contributed by atoms with Gasteiger partial charge in [0.15, 0.2) is 0 Å². The van der Waals surface area contributed by atoms with Gasteiger partial charge in [0, 0.05) is 51.6 Å². The summed E-state index contributed by atoms with van der Waals surface area (Å²) in [7, 11) is 0. The fraction of sp³-hybridized carbons (Fsp3) is 0.719. The highest BCUT2D eigenvalue weighted by Crippen LogP contribution is 2.31. The van der Waals surface area contributed by atoms with E-state index < -0.39 is 59.8 Å². The second-order valence-corrected chi connectivity index (χ2v) is 12.9. The molecule has 0 bridgehead atoms. The van der Waals surface area contributed by atoms with Gasteiger partial charge in [0.1, 0.15) is 6.04 Å². The minimum atomic E-state index is -0.930. The fourth-order valence-corrected chi connectivity index (χ4v) is 4.70. The molecule has 268 valence electrons. The first-order chi connectivity index (χ1) is 22.6. The number of hydrogen-bond donors (Lipinski definition) is 3. The first kappa shape index (κ1) is 39.8. The van der Waals surface area contributed by atoms with Gasteiger partial charge in [0.05, 0.1) is 12.8 Å². The Kier molecular flexibility index (Phi) is 16.1. The molecule has 1 unspecified atom stereocenters. The van der Waals surface area contributed by atoms with Crippen LogP contribution in [0.5, 0.6) is 0 Å². The van der Waals surface area contributed by atoms with Gasteiger partial charge in [-0.05, 0) is 43.4 Å². The molecule has 3 N–H and O–H groups in total. The third-order valence-electron chi connectivity index (χ3n) is 8.51. The molecule has 16 heteroatoms. The monoisotopic (exact) mass is 679 g/mol. The summed E-state index contributed by atoms with van der Waals surface area (Å²) < 4.78 is 0. The molecule has 7 amide bonds. The van der Waals surface area contributed by atoms with E-state index in [0.717, 1.165) is 19.3 Å². The number of nitrogens with zero attached hydrogens (tertiary/aromatic N) is 2. The van der Waals surface area contributed by atoms with Crippen molar-refractivity contribution in [1.29, 1.82) is 0 Å². The summed E-state index contributed by atoms with van der Waals surface area (Å²) in [4.78, 5) is 118. The zero-order valence-corrected chi connectivity index (χ0v) is 28.4. The third-order valence-corrected chi connectivity index (χ3v) is 8.51. The maximum absolute atomic E-state index is 13.0. The molecule has 16 nitrogen and oxygen atoms in total. The predicted octanol–water partition coefficient (Wildman–Crippen LogP) is 1.50. The Bertz CT molecular complexity index is 1200. The molecule has 2 aliphatic rings. The maximum atomic E-state index is 13.0. The summed E-state index contributed by atoms with van der Waals surface area (Å²) in [5, 5.41) is 8.96. The molecule has 0 aromatic heterocycles. The summed E-state index contributed by atoms with van der Waals surface area (Å²) >= 11 is 0. The van der Waals surface area contributed by atoms with Crippen LogP contribution in [0.25, 0.3) is 0 Å². The minimum absolute atomic E-state index is 0.0322. The average Bonchev–Trinajstić information content (AvgIpc) is 3.51. The summed E-state index contributed by atoms with van der Waals surface area (Å²) in [5.74, 6) is -5.21. The second-order valence-electron chi connectivity index (χ2n) is 12.9. The van der Waals surface area contributed by atoms with Crippen LogP contribution in [-0.4, -0.2) is 82.5 Å². The lowest BCUT2D eigenvalue weighted by Gasteiger charge is -2.29. The SMILES string of the molecule is CC(C)C(C)(C)CCCCNC(=O)C(CCCCNC(=O)CCC(=O)ON1C(=O)CCC1=O)NC(=O)CCC(=O)ON1C(=O)CCC1=O. The van der Waals surface area contributed by atoms with Crippen LogP contribution in [-0.2, 0) is 52.8 Å². The average molecular weight is 680 g/mol. The molecule has 0 saturated carbocycles. The first-order valence-electron chi connectivity index (χ1n) is 16.6. The second kappa shape index (κ2) is 19.5. The van der Waals surface area contributed by atoms with Crippen LogP contribution < -0.4 is 16.0 Å². The summed E-state index contributed by atoms with van der Waals surface area (Å²) in [6, 6.07) is -0.913. The number of imide groups is 2. The van der Waals surface area contributed by atoms with Gasteiger partial charge in [-0.2, -0.15) is 0 Å². The number of rotatable bonds is 21. The molecule has 0 aromatic rings. The van der Waals surface area contributed by atoms with Crippen molar-refractivity contribution in [2.24, 2.45) is 11.3 Å². The Hall–Kier alpha value is -4.37. The number of nitrogens with one attached hydrogen (secondary N) is 3. The highest BCUT2D eigenvalue weighted by Gasteiger charge is 2.34. The van der Waals surface area contributed by atoms with E-state index in [1.54, 1.807) is 0 Å². The Balaban J connectivity index is 1.78. The van der Waals surface area contributed by atoms with Crippen LogP contribution in [0, 0.1) is 11.3 Å². The molecule has 2 heterocycles. The number of hydroxylamine groups is 4. The summed E-state index contributed by atoms with van der Waals surface area (Å²) in [5.41, 5.74) is 0.171. The predicted molar refractivity (Wildman–Crippen MR) is 167 cm³/mol. The van der Waals surface area contributed by atoms with Gasteiger partial charge >= 0.3 is 11.9 Å². The van der Waals surface area contributed by atoms with Crippen LogP contribution in [0.2, 0.25) is 0 Å². The van der Waals surface area contributed by atoms with Gasteiger partial charge in [-0.25, -0.2) is 9.59 Å². The molecule has 2 fully saturated rings. The Morgan fingerprint density at radius 1 is 0.667 bits per heavy atom. The highest BCUT2D eigenvalue weighted by molar-refractivity contribution is 6.02. The van der Waals surface area contributed by atoms with Gasteiger partial charge in [-0.1, -0.05) is 34.1 Å². The fourth-order valence-electron chi connectivity index (χ4n) is 4.70. The number of amides is 7. The Morgan fingerprint density at radius 2 is 1.12 bits per heavy atom. The Labute approximate surface area is 280 Å². The standard InChI is InChI=1S/C32H49N5O11/c1-21(2)32(3,4)18-6-8-20-34-31(46)22(35-24(39)11-17-30(45)48-37-27(42)14-15-28(37)43)9-5-7-19-33-23(38)10-16-29(44)47-36-25(40)12-13-26(36)41/h21-22H,5-20H2,1-4H3,(H,33,38)(H,34,46)(H,35,39). The molecule has 48 heavy (non-hydrogen) atoms. The van der Waals surface area contributed by atoms with Crippen molar-refractivity contribution >= 4 is 53.3 Å². The van der Waals surface area contributed by atoms with Crippen LogP contribution in [0.3, 0.4) is 0 Å². The zero-order valence-electron chi connectivity index (χ0n) is 28.4. The van der Waals surface area contributed by atoms with E-state index in [2.05, 4.69) is 43.6 Å². The lowest BCUT2D eigenvalue weighted by Crippen LogP contribution is -2.47. The highest BCUT2D eigenvalue weighted by atomic mass is 16.7. The Morgan fingerprint density at radius 3 is 1.62 bits per heavy atom. The summed E-state index contributed by atoms with van der Waals surface area (Å²) in [6.45, 7) is 9.40. The quantitative estimate of drug-likeness (QED) is 0.117. The van der Waals surface area contributed by atoms with Gasteiger partial charge in [0.25, 0.3) is 23.6 Å². The zero-order chi connectivity index (χ0) is 35.9. The normalized spacial score (nSPS) is 15.5. The molecule has 2 saturated heterocycles. The molecule has 0 spiro atoms. The van der Waals surface area contributed by atoms with E-state index in [1.165, 1.54) is 0 Å². The van der Waals surface area contributed by atoms with E-state index in [9.17, 15) is 43.2 Å². The van der Waals surface area contributed by atoms with Crippen molar-refractivity contribution in [3.8, 4) is 0 Å². The first-order valence-corrected chi connectivity index (χ1v) is 16.6. The number of carbonyl (C=O) groups is 9. The molecular formula is C32H49N5O11. The van der Waals surface area contributed by atoms with E-state index in [4.69, 9.17) is 9.68 Å². The largest absolute Gasteiger partial charge is 0.356 e. The van der Waals surface area contributed by atoms with E-state index in [-0.39, 0.29) is 69.2 Å². The van der Waals surface area contributed by atoms with Gasteiger partial charge in [-0.3, -0.25) is 33.6 Å². The van der Waals surface area contributed by atoms with Crippen LogP contribution in [0.4, 0.5) is 0 Å². The van der Waals surface area contributed by atoms with Crippen LogP contribution in [0.15, 0.2) is 0 Å². The van der Waals surface area contributed by atoms with Crippen molar-refractivity contribution in [2.75, 3.05) is 13.1 Å². The minimum Gasteiger partial charge on any atom is -0.356 e. The third kappa shape index (κ3) is 13.8. The molecule has 0 radical (unpaired) electrons. The molecule has 0 aromatic carbocycles. The number of unbranched alkanes of at least 4 members (excludes halogenated alkanes) is 2. The van der Waals surface area contributed by atoms with Crippen LogP contribution in [0.1, 0.15) is 118 Å². The molecule has 0 aliphatic carbocycles. The molecule has 1 atom stereocenters. The topological polar surface area (TPSA) is 215 Å². The van der Waals surface area contributed by atoms with E-state index in [1.807, 2.05) is 0 Å². The van der Waals surface area contributed by atoms with Gasteiger partial charge in [-0.15, -0.1) is 10.1 Å². The van der Waals surface area contributed by atoms with Crippen molar-refractivity contribution in [3.63, 3.8) is 0 Å². The molecular weight excluding hydrogens is 630 g/mol. The lowest BCUT2D eigenvalue weighted by molar-refractivity contribution is -0.197. The maximum Gasteiger partial charge on any atom is 0.333 e. The molecule has 2 rings (SSSR count). The summed E-state index contributed by atoms with van der Waals surface area (Å²) in [6.07, 6.45) is 2.33. The van der Waals surface area contributed by atoms with Crippen LogP contribution >= 0.6 is 0 Å². The van der Waals surface area contributed by atoms with Gasteiger partial charge < -0.3 is 25.6 Å². The van der Waals surface area contributed by atoms with Crippen molar-refractivity contribution in [1.82, 2.24) is 26.1 Å². The number of carbonyl (C=O) groups excluding carboxylic acids is 9. The smallest absolute Gasteiger partial charge is 0.333 e. The molecule has 2 aliphatic heterocycles. The van der Waals surface area contributed by atoms with Crippen molar-refractivity contribution < 1.29 is 52.8 Å². The van der Waals surface area contributed by atoms with E-state index in [0.29, 0.717) is 35.4 Å². The van der Waals surface area contributed by atoms with Gasteiger partial charge in [0.2, 0.25) is 17.7 Å². The number of hydrogen-bond acceptors (Lipinski definition) is 11. The van der Waals surface area contributed by atoms with E-state index >= 15 is 0 Å².